The van der Waals surface area contributed by atoms with Gasteiger partial charge in [0, 0.05) is 0 Å². The van der Waals surface area contributed by atoms with Crippen molar-refractivity contribution in [2.75, 3.05) is 33.5 Å². The molecular formula is C25H23F3N4O5S. The Bertz CT molecular complexity index is 1330. The van der Waals surface area contributed by atoms with Crippen molar-refractivity contribution in [1.82, 2.24) is 5.01 Å². The summed E-state index contributed by atoms with van der Waals surface area (Å²) in [6, 6.07) is 12.5. The van der Waals surface area contributed by atoms with Gasteiger partial charge in [0.25, 0.3) is 5.91 Å². The van der Waals surface area contributed by atoms with Crippen LogP contribution >= 0.6 is 11.8 Å². The van der Waals surface area contributed by atoms with Crippen molar-refractivity contribution in [2.24, 2.45) is 10.1 Å². The number of hydrogen-bond donors (Lipinski definition) is 1. The number of thioether (sulfide) groups is 1. The second-order valence-electron chi connectivity index (χ2n) is 7.91. The molecule has 0 unspecified atom stereocenters. The van der Waals surface area contributed by atoms with Gasteiger partial charge in [-0.3, -0.25) is 10.2 Å². The minimum atomic E-state index is -4.71. The maximum Gasteiger partial charge on any atom is 0.441 e. The number of hydrogen-bond acceptors (Lipinski definition) is 8. The lowest BCUT2D eigenvalue weighted by Crippen LogP contribution is -2.35. The number of carbonyl (C=O) groups is 1. The second-order valence-corrected chi connectivity index (χ2v) is 8.86. The molecule has 0 bridgehead atoms. The Morgan fingerprint density at radius 1 is 1.03 bits per heavy atom. The quantitative estimate of drug-likeness (QED) is 0.340. The maximum atomic E-state index is 13.0. The van der Waals surface area contributed by atoms with Gasteiger partial charge in [-0.2, -0.15) is 28.3 Å². The molecule has 200 valence electrons. The molecule has 0 aromatic heterocycles. The first-order valence-corrected chi connectivity index (χ1v) is 12.1. The number of aryl methyl sites for hydroxylation is 1. The number of aliphatic imine (C=N–C) groups is 1. The van der Waals surface area contributed by atoms with E-state index < -0.39 is 23.0 Å². The highest BCUT2D eigenvalue weighted by Crippen LogP contribution is 2.36. The first-order valence-electron chi connectivity index (χ1n) is 11.3. The van der Waals surface area contributed by atoms with E-state index in [4.69, 9.17) is 24.4 Å². The fourth-order valence-electron chi connectivity index (χ4n) is 3.41. The molecule has 38 heavy (non-hydrogen) atoms. The van der Waals surface area contributed by atoms with E-state index in [2.05, 4.69) is 10.1 Å². The summed E-state index contributed by atoms with van der Waals surface area (Å²) in [6.45, 7) is 3.31. The van der Waals surface area contributed by atoms with Gasteiger partial charge < -0.3 is 18.9 Å². The molecular weight excluding hydrogens is 525 g/mol. The topological polar surface area (TPSA) is 106 Å². The molecule has 0 radical (unpaired) electrons. The number of amides is 1. The monoisotopic (exact) mass is 548 g/mol. The van der Waals surface area contributed by atoms with Crippen molar-refractivity contribution >= 4 is 39.8 Å². The molecule has 2 aliphatic heterocycles. The number of methoxy groups -OCH3 is 1. The molecule has 0 saturated carbocycles. The maximum absolute atomic E-state index is 13.0. The van der Waals surface area contributed by atoms with E-state index in [0.717, 1.165) is 11.3 Å². The van der Waals surface area contributed by atoms with Gasteiger partial charge in [0.1, 0.15) is 19.0 Å². The summed E-state index contributed by atoms with van der Waals surface area (Å²) in [4.78, 5) is 16.1. The smallest absolute Gasteiger partial charge is 0.441 e. The number of carbonyl (C=O) groups excluding carboxylic acids is 1. The van der Waals surface area contributed by atoms with E-state index in [1.165, 1.54) is 13.2 Å². The van der Waals surface area contributed by atoms with Crippen LogP contribution in [0.4, 0.5) is 13.2 Å². The standard InChI is InChI=1S/C25H23F3N4O5S/c1-15-5-3-4-6-18(15)36-11-9-35-10-12-37-19-8-7-16(14-20(19)34-2)13-17-21(29)32-24(30-22(17)33)38-23(31-32)25(26,27)28/h3-8,13-14,29H,9-12H2,1-2H3/b17-13-,29-21?. The number of halogens is 3. The number of nitrogens with one attached hydrogen (secondary N) is 1. The van der Waals surface area contributed by atoms with E-state index in [0.29, 0.717) is 41.9 Å². The molecule has 1 amide bonds. The summed E-state index contributed by atoms with van der Waals surface area (Å²) in [5.74, 6) is 0.248. The zero-order valence-corrected chi connectivity index (χ0v) is 21.2. The van der Waals surface area contributed by atoms with Crippen molar-refractivity contribution in [3.8, 4) is 17.2 Å². The third-order valence-electron chi connectivity index (χ3n) is 5.26. The van der Waals surface area contributed by atoms with E-state index in [1.54, 1.807) is 18.2 Å². The van der Waals surface area contributed by atoms with Crippen molar-refractivity contribution in [3.63, 3.8) is 0 Å². The van der Waals surface area contributed by atoms with Gasteiger partial charge in [0.2, 0.25) is 10.2 Å². The van der Waals surface area contributed by atoms with E-state index in [1.807, 2.05) is 31.2 Å². The number of fused-ring (bicyclic) bond motifs is 1. The van der Waals surface area contributed by atoms with Gasteiger partial charge in [-0.25, -0.2) is 0 Å². The Balaban J connectivity index is 1.33. The summed E-state index contributed by atoms with van der Waals surface area (Å²) in [5.41, 5.74) is 1.29. The lowest BCUT2D eigenvalue weighted by Gasteiger charge is -2.20. The highest BCUT2D eigenvalue weighted by Gasteiger charge is 2.46. The fraction of sp³-hybridized carbons (Fsp3) is 0.280. The third kappa shape index (κ3) is 6.34. The van der Waals surface area contributed by atoms with Gasteiger partial charge in [-0.15, -0.1) is 0 Å². The van der Waals surface area contributed by atoms with Crippen LogP contribution in [0.1, 0.15) is 11.1 Å². The van der Waals surface area contributed by atoms with Gasteiger partial charge in [-0.05, 0) is 54.1 Å². The molecule has 2 aromatic carbocycles. The molecule has 13 heteroatoms. The van der Waals surface area contributed by atoms with Crippen LogP contribution in [0.15, 0.2) is 58.1 Å². The van der Waals surface area contributed by atoms with Crippen molar-refractivity contribution < 1.29 is 36.9 Å². The second kappa shape index (κ2) is 11.7. The van der Waals surface area contributed by atoms with Crippen molar-refractivity contribution in [1.29, 1.82) is 5.41 Å². The summed E-state index contributed by atoms with van der Waals surface area (Å²) < 4.78 is 61.3. The average molecular weight is 549 g/mol. The summed E-state index contributed by atoms with van der Waals surface area (Å²) >= 11 is 0.197. The molecule has 1 N–H and O–H groups in total. The Labute approximate surface area is 220 Å². The minimum Gasteiger partial charge on any atom is -0.493 e. The molecule has 2 aromatic rings. The molecule has 0 spiro atoms. The number of benzene rings is 2. The molecule has 2 aliphatic rings. The predicted molar refractivity (Wildman–Crippen MR) is 137 cm³/mol. The zero-order valence-electron chi connectivity index (χ0n) is 20.4. The Morgan fingerprint density at radius 3 is 2.42 bits per heavy atom. The highest BCUT2D eigenvalue weighted by molar-refractivity contribution is 8.27. The number of hydrazone groups is 1. The molecule has 2 heterocycles. The lowest BCUT2D eigenvalue weighted by molar-refractivity contribution is -0.114. The number of amidine groups is 2. The first kappa shape index (κ1) is 27.2. The van der Waals surface area contributed by atoms with Crippen LogP contribution < -0.4 is 14.2 Å². The van der Waals surface area contributed by atoms with Crippen LogP contribution in [0.25, 0.3) is 6.08 Å². The molecule has 0 aliphatic carbocycles. The van der Waals surface area contributed by atoms with Crippen LogP contribution in [-0.2, 0) is 9.53 Å². The molecule has 0 atom stereocenters. The number of rotatable bonds is 10. The van der Waals surface area contributed by atoms with Crippen LogP contribution in [0.5, 0.6) is 17.2 Å². The number of para-hydroxylation sites is 1. The predicted octanol–water partition coefficient (Wildman–Crippen LogP) is 4.66. The molecule has 9 nitrogen and oxygen atoms in total. The third-order valence-corrected chi connectivity index (χ3v) is 6.21. The van der Waals surface area contributed by atoms with Crippen LogP contribution in [0, 0.1) is 12.3 Å². The highest BCUT2D eigenvalue weighted by atomic mass is 32.2. The lowest BCUT2D eigenvalue weighted by atomic mass is 10.1. The molecule has 0 saturated heterocycles. The number of alkyl halides is 3. The molecule has 0 fully saturated rings. The normalized spacial score (nSPS) is 16.3. The van der Waals surface area contributed by atoms with Gasteiger partial charge in [0.15, 0.2) is 17.3 Å². The summed E-state index contributed by atoms with van der Waals surface area (Å²) in [7, 11) is 1.44. The number of ether oxygens (including phenoxy) is 4. The SMILES string of the molecule is COc1cc(/C=C2/C(=N)N3N=C(C(F)(F)F)SC3=NC2=O)ccc1OCCOCCOc1ccccc1C. The van der Waals surface area contributed by atoms with Gasteiger partial charge in [0.05, 0.1) is 25.9 Å². The van der Waals surface area contributed by atoms with Gasteiger partial charge >= 0.3 is 6.18 Å². The first-order chi connectivity index (χ1) is 18.2. The zero-order chi connectivity index (χ0) is 27.3. The van der Waals surface area contributed by atoms with E-state index in [9.17, 15) is 18.0 Å². The Kier molecular flexibility index (Phi) is 8.37. The fourth-order valence-corrected chi connectivity index (χ4v) is 4.17. The van der Waals surface area contributed by atoms with Crippen LogP contribution in [-0.4, -0.2) is 66.7 Å². The molecule has 4 rings (SSSR count). The number of nitrogens with zero attached hydrogens (tertiary/aromatic N) is 3. The van der Waals surface area contributed by atoms with E-state index in [-0.39, 0.29) is 29.1 Å². The summed E-state index contributed by atoms with van der Waals surface area (Å²) in [6.07, 6.45) is -3.37. The van der Waals surface area contributed by atoms with Crippen LogP contribution in [0.2, 0.25) is 0 Å². The Morgan fingerprint density at radius 2 is 1.74 bits per heavy atom. The average Bonchev–Trinajstić information content (AvgIpc) is 3.32. The van der Waals surface area contributed by atoms with Gasteiger partial charge in [-0.1, -0.05) is 24.3 Å². The van der Waals surface area contributed by atoms with Crippen molar-refractivity contribution in [3.05, 3.63) is 59.2 Å². The minimum absolute atomic E-state index is 0.197. The summed E-state index contributed by atoms with van der Waals surface area (Å²) in [5, 5.41) is 10.8. The Hall–Kier alpha value is -3.84. The largest absolute Gasteiger partial charge is 0.493 e. The van der Waals surface area contributed by atoms with Crippen LogP contribution in [0.3, 0.4) is 0 Å². The van der Waals surface area contributed by atoms with E-state index >= 15 is 0 Å². The van der Waals surface area contributed by atoms with Crippen molar-refractivity contribution in [2.45, 2.75) is 13.1 Å².